The van der Waals surface area contributed by atoms with Crippen molar-refractivity contribution in [3.8, 4) is 0 Å². The van der Waals surface area contributed by atoms with Crippen LogP contribution in [0.15, 0.2) is 18.2 Å². The van der Waals surface area contributed by atoms with E-state index in [2.05, 4.69) is 19.2 Å². The molecule has 2 nitrogen and oxygen atoms in total. The Morgan fingerprint density at radius 3 is 2.67 bits per heavy atom. The quantitative estimate of drug-likeness (QED) is 0.800. The molecule has 3 heteroatoms. The van der Waals surface area contributed by atoms with Crippen molar-refractivity contribution < 1.29 is 9.50 Å². The monoisotopic (exact) mass is 293 g/mol. The maximum atomic E-state index is 13.6. The third kappa shape index (κ3) is 4.19. The molecule has 0 heterocycles. The molecule has 1 aliphatic rings. The van der Waals surface area contributed by atoms with Crippen LogP contribution >= 0.6 is 0 Å². The minimum Gasteiger partial charge on any atom is -0.394 e. The summed E-state index contributed by atoms with van der Waals surface area (Å²) in [5.74, 6) is 1.20. The number of hydrogen-bond acceptors (Lipinski definition) is 2. The van der Waals surface area contributed by atoms with E-state index in [1.807, 2.05) is 13.0 Å². The fourth-order valence-electron chi connectivity index (χ4n) is 3.54. The van der Waals surface area contributed by atoms with Gasteiger partial charge in [0.2, 0.25) is 0 Å². The average Bonchev–Trinajstić information content (AvgIpc) is 2.61. The second-order valence-corrected chi connectivity index (χ2v) is 7.02. The molecule has 0 bridgehead atoms. The number of aliphatic hydroxyl groups excluding tert-OH is 1. The Hall–Kier alpha value is -1.09. The summed E-state index contributed by atoms with van der Waals surface area (Å²) in [4.78, 5) is 0. The molecule has 0 radical (unpaired) electrons. The number of anilines is 1. The van der Waals surface area contributed by atoms with Crippen molar-refractivity contribution in [2.45, 2.75) is 58.4 Å². The van der Waals surface area contributed by atoms with Gasteiger partial charge in [-0.25, -0.2) is 4.39 Å². The second-order valence-electron chi connectivity index (χ2n) is 7.02. The topological polar surface area (TPSA) is 32.3 Å². The van der Waals surface area contributed by atoms with Gasteiger partial charge in [-0.2, -0.15) is 0 Å². The van der Waals surface area contributed by atoms with E-state index in [0.29, 0.717) is 5.92 Å². The number of hydrogen-bond donors (Lipinski definition) is 2. The van der Waals surface area contributed by atoms with E-state index in [1.54, 1.807) is 0 Å². The first kappa shape index (κ1) is 16.3. The molecule has 0 spiro atoms. The Labute approximate surface area is 127 Å². The highest BCUT2D eigenvalue weighted by Gasteiger charge is 2.33. The molecule has 1 aromatic carbocycles. The molecule has 0 amide bonds. The number of nitrogens with one attached hydrogen (secondary N) is 1. The van der Waals surface area contributed by atoms with Crippen LogP contribution in [0.5, 0.6) is 0 Å². The molecule has 2 N–H and O–H groups in total. The highest BCUT2D eigenvalue weighted by Crippen LogP contribution is 2.36. The van der Waals surface area contributed by atoms with E-state index in [4.69, 9.17) is 0 Å². The Morgan fingerprint density at radius 2 is 2.05 bits per heavy atom. The molecule has 118 valence electrons. The van der Waals surface area contributed by atoms with Crippen molar-refractivity contribution in [3.05, 3.63) is 29.6 Å². The van der Waals surface area contributed by atoms with Crippen LogP contribution in [0.2, 0.25) is 0 Å². The van der Waals surface area contributed by atoms with Crippen molar-refractivity contribution >= 4 is 5.69 Å². The summed E-state index contributed by atoms with van der Waals surface area (Å²) in [7, 11) is 0. The second kappa shape index (κ2) is 6.78. The van der Waals surface area contributed by atoms with E-state index in [-0.39, 0.29) is 18.0 Å². The summed E-state index contributed by atoms with van der Waals surface area (Å²) in [6.45, 7) is 6.55. The maximum Gasteiger partial charge on any atom is 0.125 e. The zero-order chi connectivity index (χ0) is 15.5. The third-order valence-electron chi connectivity index (χ3n) is 4.92. The first-order valence-electron chi connectivity index (χ1n) is 8.10. The van der Waals surface area contributed by atoms with Crippen LogP contribution in [-0.4, -0.2) is 17.3 Å². The number of aliphatic hydroxyl groups is 1. The first-order chi connectivity index (χ1) is 9.94. The maximum absolute atomic E-state index is 13.6. The Balaban J connectivity index is 2.14. The van der Waals surface area contributed by atoms with E-state index in [1.165, 1.54) is 18.6 Å². The molecule has 2 unspecified atom stereocenters. The minimum absolute atomic E-state index is 0.105. The lowest BCUT2D eigenvalue weighted by Crippen LogP contribution is -2.41. The first-order valence-corrected chi connectivity index (χ1v) is 8.10. The summed E-state index contributed by atoms with van der Waals surface area (Å²) in [6, 6.07) is 5.00. The van der Waals surface area contributed by atoms with Gasteiger partial charge in [0.05, 0.1) is 12.1 Å². The van der Waals surface area contributed by atoms with Crippen LogP contribution in [0.3, 0.4) is 0 Å². The van der Waals surface area contributed by atoms with Gasteiger partial charge in [-0.3, -0.25) is 0 Å². The van der Waals surface area contributed by atoms with Crippen LogP contribution in [0.4, 0.5) is 10.1 Å². The summed E-state index contributed by atoms with van der Waals surface area (Å²) in [5.41, 5.74) is 1.38. The van der Waals surface area contributed by atoms with Gasteiger partial charge in [0.25, 0.3) is 0 Å². The fourth-order valence-corrected chi connectivity index (χ4v) is 3.54. The van der Waals surface area contributed by atoms with Crippen LogP contribution < -0.4 is 5.32 Å². The van der Waals surface area contributed by atoms with E-state index in [9.17, 15) is 9.50 Å². The Morgan fingerprint density at radius 1 is 1.29 bits per heavy atom. The number of aryl methyl sites for hydroxylation is 1. The molecule has 0 aliphatic heterocycles. The van der Waals surface area contributed by atoms with Crippen LogP contribution in [0.25, 0.3) is 0 Å². The number of halogens is 1. The predicted molar refractivity (Wildman–Crippen MR) is 86.0 cm³/mol. The van der Waals surface area contributed by atoms with Crippen molar-refractivity contribution in [1.82, 2.24) is 0 Å². The fraction of sp³-hybridized carbons (Fsp3) is 0.667. The minimum atomic E-state index is -0.302. The Bertz CT molecular complexity index is 454. The van der Waals surface area contributed by atoms with Crippen LogP contribution in [0.1, 0.15) is 51.5 Å². The van der Waals surface area contributed by atoms with Crippen molar-refractivity contribution in [3.63, 3.8) is 0 Å². The standard InChI is InChI=1S/C18H28FNO/c1-13(2)15-5-4-7-18(12-21,8-6-15)20-17-10-14(3)9-16(19)11-17/h9-11,13,15,20-21H,4-8,12H2,1-3H3. The zero-order valence-corrected chi connectivity index (χ0v) is 13.5. The SMILES string of the molecule is Cc1cc(F)cc(NC2(CO)CCCC(C(C)C)CC2)c1. The summed E-state index contributed by atoms with van der Waals surface area (Å²) in [6.07, 6.45) is 5.36. The molecule has 1 aromatic rings. The molecule has 0 aromatic heterocycles. The number of rotatable bonds is 4. The van der Waals surface area contributed by atoms with Crippen molar-refractivity contribution in [1.29, 1.82) is 0 Å². The molecular formula is C18H28FNO. The van der Waals surface area contributed by atoms with Gasteiger partial charge in [0.1, 0.15) is 5.82 Å². The molecular weight excluding hydrogens is 265 g/mol. The molecule has 2 rings (SSSR count). The van der Waals surface area contributed by atoms with Gasteiger partial charge in [-0.15, -0.1) is 0 Å². The normalized spacial score (nSPS) is 26.7. The predicted octanol–water partition coefficient (Wildman–Crippen LogP) is 4.51. The van der Waals surface area contributed by atoms with Gasteiger partial charge in [0.15, 0.2) is 0 Å². The average molecular weight is 293 g/mol. The van der Waals surface area contributed by atoms with Crippen LogP contribution in [-0.2, 0) is 0 Å². The van der Waals surface area contributed by atoms with E-state index in [0.717, 1.165) is 42.9 Å². The molecule has 0 saturated heterocycles. The smallest absolute Gasteiger partial charge is 0.125 e. The molecule has 1 saturated carbocycles. The molecule has 1 aliphatic carbocycles. The highest BCUT2D eigenvalue weighted by atomic mass is 19.1. The summed E-state index contributed by atoms with van der Waals surface area (Å²) < 4.78 is 13.6. The van der Waals surface area contributed by atoms with Gasteiger partial charge in [0, 0.05) is 5.69 Å². The lowest BCUT2D eigenvalue weighted by atomic mass is 9.86. The largest absolute Gasteiger partial charge is 0.394 e. The number of benzene rings is 1. The van der Waals surface area contributed by atoms with Gasteiger partial charge >= 0.3 is 0 Å². The van der Waals surface area contributed by atoms with E-state index < -0.39 is 0 Å². The third-order valence-corrected chi connectivity index (χ3v) is 4.92. The molecule has 1 fully saturated rings. The van der Waals surface area contributed by atoms with Crippen molar-refractivity contribution in [2.75, 3.05) is 11.9 Å². The molecule has 2 atom stereocenters. The highest BCUT2D eigenvalue weighted by molar-refractivity contribution is 5.48. The summed E-state index contributed by atoms with van der Waals surface area (Å²) in [5, 5.41) is 13.4. The zero-order valence-electron chi connectivity index (χ0n) is 13.5. The summed E-state index contributed by atoms with van der Waals surface area (Å²) >= 11 is 0. The van der Waals surface area contributed by atoms with Crippen molar-refractivity contribution in [2.24, 2.45) is 11.8 Å². The van der Waals surface area contributed by atoms with Gasteiger partial charge < -0.3 is 10.4 Å². The Kier molecular flexibility index (Phi) is 5.26. The lowest BCUT2D eigenvalue weighted by molar-refractivity contribution is 0.193. The van der Waals surface area contributed by atoms with Gasteiger partial charge in [-0.05, 0) is 61.8 Å². The molecule has 21 heavy (non-hydrogen) atoms. The lowest BCUT2D eigenvalue weighted by Gasteiger charge is -2.33. The van der Waals surface area contributed by atoms with Crippen LogP contribution in [0, 0.1) is 24.6 Å². The van der Waals surface area contributed by atoms with E-state index >= 15 is 0 Å². The van der Waals surface area contributed by atoms with Gasteiger partial charge in [-0.1, -0.05) is 26.7 Å².